The maximum Gasteiger partial charge on any atom is 0.261 e. The van der Waals surface area contributed by atoms with Crippen molar-refractivity contribution in [3.05, 3.63) is 59.7 Å². The maximum atomic E-state index is 12.7. The van der Waals surface area contributed by atoms with Crippen LogP contribution in [0.4, 0.5) is 5.69 Å². The van der Waals surface area contributed by atoms with E-state index in [9.17, 15) is 13.2 Å². The third kappa shape index (κ3) is 6.04. The zero-order chi connectivity index (χ0) is 21.7. The van der Waals surface area contributed by atoms with Gasteiger partial charge in [-0.05, 0) is 51.1 Å². The molecule has 0 saturated carbocycles. The minimum absolute atomic E-state index is 0.0477. The van der Waals surface area contributed by atoms with E-state index >= 15 is 0 Å². The summed E-state index contributed by atoms with van der Waals surface area (Å²) in [6.07, 6.45) is 0.347. The number of carbonyl (C=O) groups excluding carboxylic acids is 1. The molecular formula is C22H29N3O4S. The molecule has 8 heteroatoms. The van der Waals surface area contributed by atoms with Gasteiger partial charge in [0.2, 0.25) is 0 Å². The number of hydrogen-bond acceptors (Lipinski definition) is 5. The van der Waals surface area contributed by atoms with Crippen LogP contribution in [0.3, 0.4) is 0 Å². The molecule has 2 aromatic carbocycles. The van der Waals surface area contributed by atoms with Gasteiger partial charge in [0.05, 0.1) is 17.1 Å². The highest BCUT2D eigenvalue weighted by atomic mass is 32.2. The minimum atomic E-state index is -3.78. The van der Waals surface area contributed by atoms with Crippen molar-refractivity contribution >= 4 is 21.6 Å². The average Bonchev–Trinajstić information content (AvgIpc) is 2.69. The summed E-state index contributed by atoms with van der Waals surface area (Å²) in [5.41, 5.74) is 1.83. The number of morpholine rings is 1. The number of nitrogens with zero attached hydrogens (tertiary/aromatic N) is 1. The zero-order valence-corrected chi connectivity index (χ0v) is 18.4. The van der Waals surface area contributed by atoms with Gasteiger partial charge in [0.25, 0.3) is 15.9 Å². The largest absolute Gasteiger partial charge is 0.373 e. The summed E-state index contributed by atoms with van der Waals surface area (Å²) in [7, 11) is -3.78. The molecule has 0 bridgehead atoms. The van der Waals surface area contributed by atoms with Crippen LogP contribution in [0.25, 0.3) is 0 Å². The lowest BCUT2D eigenvalue weighted by molar-refractivity contribution is -0.0672. The Kier molecular flexibility index (Phi) is 7.12. The number of sulfonamides is 1. The number of amides is 1. The van der Waals surface area contributed by atoms with Crippen LogP contribution in [0, 0.1) is 6.92 Å². The lowest BCUT2D eigenvalue weighted by atomic mass is 10.2. The summed E-state index contributed by atoms with van der Waals surface area (Å²) in [6, 6.07) is 13.1. The standard InChI is InChI=1S/C22H29N3O4S/c1-16-7-9-20(10-8-16)24-30(27,28)21-6-4-5-19(13-21)22(26)23-11-12-25-14-17(2)29-18(3)15-25/h4-10,13,17-18,24H,11-12,14-15H2,1-3H3,(H,23,26)/t17-,18-/m1/s1. The molecule has 1 fully saturated rings. The summed E-state index contributed by atoms with van der Waals surface area (Å²) in [6.45, 7) is 8.88. The predicted octanol–water partition coefficient (Wildman–Crippen LogP) is 2.63. The van der Waals surface area contributed by atoms with E-state index in [-0.39, 0.29) is 23.0 Å². The van der Waals surface area contributed by atoms with E-state index in [4.69, 9.17) is 4.74 Å². The minimum Gasteiger partial charge on any atom is -0.373 e. The Hall–Kier alpha value is -2.42. The average molecular weight is 432 g/mol. The number of benzene rings is 2. The third-order valence-corrected chi connectivity index (χ3v) is 6.30. The van der Waals surface area contributed by atoms with Crippen LogP contribution < -0.4 is 10.0 Å². The maximum absolute atomic E-state index is 12.7. The summed E-state index contributed by atoms with van der Waals surface area (Å²) >= 11 is 0. The second-order valence-corrected chi connectivity index (χ2v) is 9.45. The lowest BCUT2D eigenvalue weighted by Gasteiger charge is -2.35. The number of aryl methyl sites for hydroxylation is 1. The first kappa shape index (κ1) is 22.3. The first-order valence-corrected chi connectivity index (χ1v) is 11.6. The third-order valence-electron chi connectivity index (χ3n) is 4.92. The van der Waals surface area contributed by atoms with Gasteiger partial charge in [0.15, 0.2) is 0 Å². The van der Waals surface area contributed by atoms with Crippen LogP contribution in [0.2, 0.25) is 0 Å². The first-order chi connectivity index (χ1) is 14.2. The fraction of sp³-hybridized carbons (Fsp3) is 0.409. The van der Waals surface area contributed by atoms with E-state index in [1.807, 2.05) is 32.9 Å². The van der Waals surface area contributed by atoms with Crippen LogP contribution >= 0.6 is 0 Å². The summed E-state index contributed by atoms with van der Waals surface area (Å²) in [5, 5.41) is 2.87. The van der Waals surface area contributed by atoms with Gasteiger partial charge in [0, 0.05) is 37.4 Å². The zero-order valence-electron chi connectivity index (χ0n) is 17.6. The molecule has 0 radical (unpaired) electrons. The van der Waals surface area contributed by atoms with Crippen molar-refractivity contribution in [1.82, 2.24) is 10.2 Å². The molecule has 0 unspecified atom stereocenters. The summed E-state index contributed by atoms with van der Waals surface area (Å²) in [5.74, 6) is -0.295. The van der Waals surface area contributed by atoms with E-state index in [0.717, 1.165) is 25.2 Å². The van der Waals surface area contributed by atoms with Gasteiger partial charge in [-0.25, -0.2) is 8.42 Å². The van der Waals surface area contributed by atoms with Gasteiger partial charge < -0.3 is 10.1 Å². The Morgan fingerprint density at radius 2 is 1.77 bits per heavy atom. The summed E-state index contributed by atoms with van der Waals surface area (Å²) < 4.78 is 33.6. The van der Waals surface area contributed by atoms with Crippen LogP contribution in [0.1, 0.15) is 29.8 Å². The predicted molar refractivity (Wildman–Crippen MR) is 117 cm³/mol. The lowest BCUT2D eigenvalue weighted by Crippen LogP contribution is -2.47. The number of ether oxygens (including phenoxy) is 1. The van der Waals surface area contributed by atoms with Gasteiger partial charge in [0.1, 0.15) is 0 Å². The van der Waals surface area contributed by atoms with Crippen molar-refractivity contribution in [1.29, 1.82) is 0 Å². The molecule has 1 heterocycles. The molecule has 0 aliphatic carbocycles. The second kappa shape index (κ2) is 9.59. The fourth-order valence-electron chi connectivity index (χ4n) is 3.54. The molecule has 2 aromatic rings. The molecule has 2 N–H and O–H groups in total. The van der Waals surface area contributed by atoms with Crippen molar-refractivity contribution in [2.24, 2.45) is 0 Å². The number of carbonyl (C=O) groups is 1. The number of rotatable bonds is 7. The number of hydrogen-bond donors (Lipinski definition) is 2. The smallest absolute Gasteiger partial charge is 0.261 e. The van der Waals surface area contributed by atoms with Gasteiger partial charge in [-0.15, -0.1) is 0 Å². The van der Waals surface area contributed by atoms with Crippen molar-refractivity contribution < 1.29 is 17.9 Å². The van der Waals surface area contributed by atoms with Crippen LogP contribution in [-0.2, 0) is 14.8 Å². The van der Waals surface area contributed by atoms with Gasteiger partial charge in [-0.2, -0.15) is 0 Å². The molecule has 1 aliphatic rings. The molecule has 30 heavy (non-hydrogen) atoms. The molecular weight excluding hydrogens is 402 g/mol. The van der Waals surface area contributed by atoms with Gasteiger partial charge in [-0.1, -0.05) is 23.8 Å². The van der Waals surface area contributed by atoms with Crippen molar-refractivity contribution in [2.75, 3.05) is 30.9 Å². The Labute approximate surface area is 178 Å². The molecule has 3 rings (SSSR count). The molecule has 2 atom stereocenters. The fourth-order valence-corrected chi connectivity index (χ4v) is 4.64. The molecule has 162 valence electrons. The molecule has 0 aromatic heterocycles. The quantitative estimate of drug-likeness (QED) is 0.704. The monoisotopic (exact) mass is 431 g/mol. The van der Waals surface area contributed by atoms with Crippen molar-refractivity contribution in [2.45, 2.75) is 37.9 Å². The Morgan fingerprint density at radius 3 is 2.43 bits per heavy atom. The second-order valence-electron chi connectivity index (χ2n) is 7.77. The molecule has 0 spiro atoms. The molecule has 1 aliphatic heterocycles. The summed E-state index contributed by atoms with van der Waals surface area (Å²) in [4.78, 5) is 14.8. The van der Waals surface area contributed by atoms with Crippen LogP contribution in [0.5, 0.6) is 0 Å². The van der Waals surface area contributed by atoms with Crippen LogP contribution in [0.15, 0.2) is 53.4 Å². The highest BCUT2D eigenvalue weighted by Gasteiger charge is 2.22. The Morgan fingerprint density at radius 1 is 1.10 bits per heavy atom. The topological polar surface area (TPSA) is 87.7 Å². The van der Waals surface area contributed by atoms with Crippen molar-refractivity contribution in [3.8, 4) is 0 Å². The Bertz CT molecular complexity index is 966. The number of nitrogens with one attached hydrogen (secondary N) is 2. The Balaban J connectivity index is 1.60. The van der Waals surface area contributed by atoms with E-state index in [1.54, 1.807) is 24.3 Å². The van der Waals surface area contributed by atoms with E-state index in [1.165, 1.54) is 12.1 Å². The van der Waals surface area contributed by atoms with Crippen molar-refractivity contribution in [3.63, 3.8) is 0 Å². The van der Waals surface area contributed by atoms with Gasteiger partial charge in [-0.3, -0.25) is 14.4 Å². The van der Waals surface area contributed by atoms with Crippen LogP contribution in [-0.4, -0.2) is 57.6 Å². The molecule has 1 amide bonds. The van der Waals surface area contributed by atoms with Gasteiger partial charge >= 0.3 is 0 Å². The normalized spacial score (nSPS) is 20.0. The molecule has 7 nitrogen and oxygen atoms in total. The highest BCUT2D eigenvalue weighted by Crippen LogP contribution is 2.18. The SMILES string of the molecule is Cc1ccc(NS(=O)(=O)c2cccc(C(=O)NCCN3C[C@@H](C)O[C@H](C)C3)c2)cc1. The van der Waals surface area contributed by atoms with E-state index in [2.05, 4.69) is 14.9 Å². The first-order valence-electron chi connectivity index (χ1n) is 10.1. The number of anilines is 1. The van der Waals surface area contributed by atoms with E-state index < -0.39 is 10.0 Å². The van der Waals surface area contributed by atoms with E-state index in [0.29, 0.717) is 17.8 Å². The highest BCUT2D eigenvalue weighted by molar-refractivity contribution is 7.92. The molecule has 1 saturated heterocycles.